The Morgan fingerprint density at radius 2 is 2.00 bits per heavy atom. The van der Waals surface area contributed by atoms with E-state index in [1.807, 2.05) is 35.8 Å². The summed E-state index contributed by atoms with van der Waals surface area (Å²) in [5, 5.41) is 3.09. The second kappa shape index (κ2) is 6.87. The van der Waals surface area contributed by atoms with E-state index in [9.17, 15) is 4.79 Å². The van der Waals surface area contributed by atoms with E-state index >= 15 is 0 Å². The summed E-state index contributed by atoms with van der Waals surface area (Å²) in [5.74, 6) is 0.0558. The van der Waals surface area contributed by atoms with Gasteiger partial charge in [0.05, 0.1) is 23.4 Å². The minimum absolute atomic E-state index is 0.0117. The van der Waals surface area contributed by atoms with Crippen LogP contribution in [0.15, 0.2) is 48.8 Å². The summed E-state index contributed by atoms with van der Waals surface area (Å²) in [5.41, 5.74) is 5.64. The van der Waals surface area contributed by atoms with Crippen LogP contribution in [0.25, 0.3) is 11.0 Å². The molecule has 0 aliphatic heterocycles. The van der Waals surface area contributed by atoms with Crippen molar-refractivity contribution >= 4 is 16.9 Å². The van der Waals surface area contributed by atoms with Gasteiger partial charge in [-0.1, -0.05) is 35.9 Å². The Morgan fingerprint density at radius 3 is 2.79 bits per heavy atom. The second-order valence-electron chi connectivity index (χ2n) is 6.33. The van der Waals surface area contributed by atoms with Gasteiger partial charge >= 0.3 is 0 Å². The smallest absolute Gasteiger partial charge is 0.222 e. The number of aryl methyl sites for hydroxylation is 3. The fourth-order valence-corrected chi connectivity index (χ4v) is 3.11. The summed E-state index contributed by atoms with van der Waals surface area (Å²) in [6.45, 7) is 6.83. The van der Waals surface area contributed by atoms with Crippen molar-refractivity contribution in [2.45, 2.75) is 39.8 Å². The number of nitrogens with zero attached hydrogens (tertiary/aromatic N) is 2. The molecule has 24 heavy (non-hydrogen) atoms. The predicted octanol–water partition coefficient (Wildman–Crippen LogP) is 3.92. The van der Waals surface area contributed by atoms with E-state index in [-0.39, 0.29) is 11.9 Å². The third-order valence-corrected chi connectivity index (χ3v) is 4.38. The van der Waals surface area contributed by atoms with Gasteiger partial charge in [0.2, 0.25) is 5.91 Å². The number of aromatic nitrogens is 2. The Balaban J connectivity index is 1.61. The number of carbonyl (C=O) groups is 1. The molecule has 0 aliphatic rings. The molecule has 124 valence electrons. The summed E-state index contributed by atoms with van der Waals surface area (Å²) < 4.78 is 2.02. The third-order valence-electron chi connectivity index (χ3n) is 4.38. The third kappa shape index (κ3) is 3.48. The van der Waals surface area contributed by atoms with Crippen LogP contribution in [0.3, 0.4) is 0 Å². The minimum Gasteiger partial charge on any atom is -0.350 e. The largest absolute Gasteiger partial charge is 0.350 e. The molecule has 1 N–H and O–H groups in total. The molecule has 0 radical (unpaired) electrons. The summed E-state index contributed by atoms with van der Waals surface area (Å²) >= 11 is 0. The predicted molar refractivity (Wildman–Crippen MR) is 96.8 cm³/mol. The second-order valence-corrected chi connectivity index (χ2v) is 6.33. The van der Waals surface area contributed by atoms with Crippen LogP contribution in [0.4, 0.5) is 0 Å². The molecule has 0 saturated heterocycles. The highest BCUT2D eigenvalue weighted by atomic mass is 16.1. The first-order valence-corrected chi connectivity index (χ1v) is 8.31. The maximum atomic E-state index is 12.3. The van der Waals surface area contributed by atoms with Crippen molar-refractivity contribution in [1.82, 2.24) is 14.9 Å². The lowest BCUT2D eigenvalue weighted by Crippen LogP contribution is -2.27. The maximum absolute atomic E-state index is 12.3. The first kappa shape index (κ1) is 16.2. The molecule has 0 saturated carbocycles. The highest BCUT2D eigenvalue weighted by Crippen LogP contribution is 2.19. The van der Waals surface area contributed by atoms with E-state index in [0.717, 1.165) is 11.0 Å². The Hall–Kier alpha value is -2.62. The molecule has 3 rings (SSSR count). The van der Waals surface area contributed by atoms with E-state index < -0.39 is 0 Å². The number of carbonyl (C=O) groups excluding carboxylic acids is 1. The van der Waals surface area contributed by atoms with Crippen molar-refractivity contribution in [1.29, 1.82) is 0 Å². The lowest BCUT2D eigenvalue weighted by Gasteiger charge is -2.17. The van der Waals surface area contributed by atoms with Gasteiger partial charge in [-0.2, -0.15) is 0 Å². The minimum atomic E-state index is 0.0117. The monoisotopic (exact) mass is 321 g/mol. The number of para-hydroxylation sites is 2. The fraction of sp³-hybridized carbons (Fsp3) is 0.300. The Labute approximate surface area is 142 Å². The van der Waals surface area contributed by atoms with Crippen molar-refractivity contribution in [3.8, 4) is 0 Å². The van der Waals surface area contributed by atoms with Crippen LogP contribution in [0.1, 0.15) is 36.1 Å². The van der Waals surface area contributed by atoms with Crippen LogP contribution < -0.4 is 5.32 Å². The number of fused-ring (bicyclic) bond motifs is 1. The van der Waals surface area contributed by atoms with E-state index in [4.69, 9.17) is 0 Å². The van der Waals surface area contributed by atoms with Crippen molar-refractivity contribution < 1.29 is 4.79 Å². The fourth-order valence-electron chi connectivity index (χ4n) is 3.11. The molecular formula is C20H23N3O. The van der Waals surface area contributed by atoms with E-state index in [1.165, 1.54) is 16.7 Å². The average molecular weight is 321 g/mol. The highest BCUT2D eigenvalue weighted by molar-refractivity contribution is 5.77. The highest BCUT2D eigenvalue weighted by Gasteiger charge is 2.12. The molecule has 1 aromatic heterocycles. The van der Waals surface area contributed by atoms with Crippen LogP contribution in [0.2, 0.25) is 0 Å². The zero-order chi connectivity index (χ0) is 17.1. The lowest BCUT2D eigenvalue weighted by atomic mass is 10.0. The Kier molecular flexibility index (Phi) is 4.65. The van der Waals surface area contributed by atoms with Crippen molar-refractivity contribution in [2.24, 2.45) is 0 Å². The summed E-state index contributed by atoms with van der Waals surface area (Å²) in [6, 6.07) is 14.3. The molecule has 1 heterocycles. The molecule has 3 aromatic rings. The summed E-state index contributed by atoms with van der Waals surface area (Å²) in [4.78, 5) is 16.6. The van der Waals surface area contributed by atoms with Crippen molar-refractivity contribution in [2.75, 3.05) is 0 Å². The molecule has 0 fully saturated rings. The van der Waals surface area contributed by atoms with Crippen LogP contribution in [-0.4, -0.2) is 15.5 Å². The molecule has 0 aliphatic carbocycles. The van der Waals surface area contributed by atoms with Gasteiger partial charge in [-0.15, -0.1) is 0 Å². The number of imidazole rings is 1. The quantitative estimate of drug-likeness (QED) is 0.774. The molecule has 1 atom stereocenters. The topological polar surface area (TPSA) is 46.9 Å². The van der Waals surface area contributed by atoms with Crippen molar-refractivity contribution in [3.05, 3.63) is 65.5 Å². The van der Waals surface area contributed by atoms with Gasteiger partial charge in [-0.3, -0.25) is 4.79 Å². The van der Waals surface area contributed by atoms with Crippen LogP contribution >= 0.6 is 0 Å². The number of nitrogens with one attached hydrogen (secondary N) is 1. The van der Waals surface area contributed by atoms with Crippen LogP contribution in [0.5, 0.6) is 0 Å². The number of rotatable bonds is 5. The van der Waals surface area contributed by atoms with Gasteiger partial charge in [-0.05, 0) is 44.0 Å². The first-order chi connectivity index (χ1) is 11.5. The summed E-state index contributed by atoms with van der Waals surface area (Å²) in [6.07, 6.45) is 2.24. The number of amides is 1. The standard InChI is InChI=1S/C20H23N3O/c1-14-8-9-17(15(2)12-14)16(3)22-20(24)10-11-23-13-21-18-6-4-5-7-19(18)23/h4-9,12-13,16H,10-11H2,1-3H3,(H,22,24). The maximum Gasteiger partial charge on any atom is 0.222 e. The molecule has 2 aromatic carbocycles. The van der Waals surface area contributed by atoms with E-state index in [0.29, 0.717) is 13.0 Å². The van der Waals surface area contributed by atoms with Crippen LogP contribution in [0, 0.1) is 13.8 Å². The SMILES string of the molecule is Cc1ccc(C(C)NC(=O)CCn2cnc3ccccc32)c(C)c1. The average Bonchev–Trinajstić information content (AvgIpc) is 2.96. The molecule has 4 heteroatoms. The van der Waals surface area contributed by atoms with Gasteiger partial charge in [0.15, 0.2) is 0 Å². The Morgan fingerprint density at radius 1 is 1.21 bits per heavy atom. The molecule has 4 nitrogen and oxygen atoms in total. The van der Waals surface area contributed by atoms with Gasteiger partial charge in [0.25, 0.3) is 0 Å². The molecular weight excluding hydrogens is 298 g/mol. The van der Waals surface area contributed by atoms with E-state index in [2.05, 4.69) is 42.3 Å². The molecule has 1 amide bonds. The summed E-state index contributed by atoms with van der Waals surface area (Å²) in [7, 11) is 0. The normalized spacial score (nSPS) is 12.3. The Bertz CT molecular complexity index is 866. The molecule has 0 bridgehead atoms. The van der Waals surface area contributed by atoms with Crippen LogP contribution in [-0.2, 0) is 11.3 Å². The number of hydrogen-bond donors (Lipinski definition) is 1. The van der Waals surface area contributed by atoms with Gasteiger partial charge in [-0.25, -0.2) is 4.98 Å². The molecule has 0 spiro atoms. The lowest BCUT2D eigenvalue weighted by molar-refractivity contribution is -0.121. The van der Waals surface area contributed by atoms with Gasteiger partial charge < -0.3 is 9.88 Å². The number of benzene rings is 2. The van der Waals surface area contributed by atoms with Gasteiger partial charge in [0.1, 0.15) is 0 Å². The molecule has 1 unspecified atom stereocenters. The zero-order valence-electron chi connectivity index (χ0n) is 14.4. The van der Waals surface area contributed by atoms with Gasteiger partial charge in [0, 0.05) is 13.0 Å². The number of hydrogen-bond acceptors (Lipinski definition) is 2. The zero-order valence-corrected chi connectivity index (χ0v) is 14.4. The van der Waals surface area contributed by atoms with E-state index in [1.54, 1.807) is 6.33 Å². The van der Waals surface area contributed by atoms with Crippen molar-refractivity contribution in [3.63, 3.8) is 0 Å². The first-order valence-electron chi connectivity index (χ1n) is 8.31.